The standard InChI is InChI=1S/C26H35ClN2O2/c1-17(28-6)19-8-7-9-21(13-19)31-24-11-10-20(14-22(24)27)23(30)12-18-15-25(2,3)29-26(4,5)16-18/h7-11,13-14,17-18,28-29H,12,15-16H2,1-6H3. The van der Waals surface area contributed by atoms with Crippen LogP contribution in [0.4, 0.5) is 0 Å². The maximum absolute atomic E-state index is 13.0. The van der Waals surface area contributed by atoms with E-state index in [9.17, 15) is 4.79 Å². The van der Waals surface area contributed by atoms with Crippen LogP contribution in [-0.4, -0.2) is 23.9 Å². The largest absolute Gasteiger partial charge is 0.456 e. The number of rotatable bonds is 7. The summed E-state index contributed by atoms with van der Waals surface area (Å²) in [4.78, 5) is 13.0. The molecule has 0 amide bonds. The van der Waals surface area contributed by atoms with E-state index in [1.807, 2.05) is 31.3 Å². The first-order valence-corrected chi connectivity index (χ1v) is 11.4. The molecule has 1 aliphatic heterocycles. The monoisotopic (exact) mass is 442 g/mol. The lowest BCUT2D eigenvalue weighted by Gasteiger charge is -2.46. The topological polar surface area (TPSA) is 50.4 Å². The molecule has 4 nitrogen and oxygen atoms in total. The second kappa shape index (κ2) is 9.32. The van der Waals surface area contributed by atoms with Gasteiger partial charge in [-0.3, -0.25) is 4.79 Å². The highest BCUT2D eigenvalue weighted by molar-refractivity contribution is 6.32. The van der Waals surface area contributed by atoms with Crippen LogP contribution in [-0.2, 0) is 0 Å². The summed E-state index contributed by atoms with van der Waals surface area (Å²) in [7, 11) is 1.93. The minimum atomic E-state index is 0.0291. The molecular formula is C26H35ClN2O2. The van der Waals surface area contributed by atoms with Crippen LogP contribution in [0.1, 0.15) is 75.8 Å². The second-order valence-corrected chi connectivity index (χ2v) is 10.5. The first kappa shape index (κ1) is 23.8. The number of Topliss-reactive ketones (excluding diaryl/α,β-unsaturated/α-hetero) is 1. The number of carbonyl (C=O) groups excluding carboxylic acids is 1. The molecule has 2 aromatic carbocycles. The van der Waals surface area contributed by atoms with E-state index in [1.165, 1.54) is 0 Å². The lowest BCUT2D eigenvalue weighted by Crippen LogP contribution is -2.57. The van der Waals surface area contributed by atoms with Crippen LogP contribution in [0.25, 0.3) is 0 Å². The molecule has 1 atom stereocenters. The van der Waals surface area contributed by atoms with Crippen LogP contribution in [0.3, 0.4) is 0 Å². The van der Waals surface area contributed by atoms with Crippen molar-refractivity contribution < 1.29 is 9.53 Å². The van der Waals surface area contributed by atoms with Gasteiger partial charge in [0.1, 0.15) is 11.5 Å². The van der Waals surface area contributed by atoms with Gasteiger partial charge in [0.2, 0.25) is 0 Å². The van der Waals surface area contributed by atoms with Crippen LogP contribution < -0.4 is 15.4 Å². The van der Waals surface area contributed by atoms with Gasteiger partial charge in [-0.2, -0.15) is 0 Å². The Kier molecular flexibility index (Phi) is 7.14. The van der Waals surface area contributed by atoms with Gasteiger partial charge in [0.05, 0.1) is 5.02 Å². The highest BCUT2D eigenvalue weighted by atomic mass is 35.5. The van der Waals surface area contributed by atoms with Crippen molar-refractivity contribution in [3.63, 3.8) is 0 Å². The van der Waals surface area contributed by atoms with Gasteiger partial charge in [-0.1, -0.05) is 23.7 Å². The van der Waals surface area contributed by atoms with Crippen LogP contribution in [0.2, 0.25) is 5.02 Å². The fourth-order valence-electron chi connectivity index (χ4n) is 4.96. The Hall–Kier alpha value is -1.88. The summed E-state index contributed by atoms with van der Waals surface area (Å²) in [6, 6.07) is 13.5. The average Bonchev–Trinajstić information content (AvgIpc) is 2.66. The van der Waals surface area contributed by atoms with Crippen LogP contribution in [0, 0.1) is 5.92 Å². The summed E-state index contributed by atoms with van der Waals surface area (Å²) in [6.45, 7) is 10.9. The van der Waals surface area contributed by atoms with Crippen molar-refractivity contribution in [1.29, 1.82) is 0 Å². The third-order valence-corrected chi connectivity index (χ3v) is 6.32. The predicted octanol–water partition coefficient (Wildman–Crippen LogP) is 6.54. The quantitative estimate of drug-likeness (QED) is 0.478. The van der Waals surface area contributed by atoms with E-state index in [0.29, 0.717) is 28.7 Å². The van der Waals surface area contributed by atoms with Crippen LogP contribution >= 0.6 is 11.6 Å². The number of ether oxygens (including phenoxy) is 1. The Morgan fingerprint density at radius 3 is 2.45 bits per heavy atom. The van der Waals surface area contributed by atoms with E-state index in [4.69, 9.17) is 16.3 Å². The Morgan fingerprint density at radius 2 is 1.84 bits per heavy atom. The zero-order valence-electron chi connectivity index (χ0n) is 19.5. The summed E-state index contributed by atoms with van der Waals surface area (Å²) in [5, 5.41) is 7.35. The third kappa shape index (κ3) is 6.31. The molecule has 31 heavy (non-hydrogen) atoms. The van der Waals surface area contributed by atoms with Gasteiger partial charge in [0.15, 0.2) is 5.78 Å². The Balaban J connectivity index is 1.70. The van der Waals surface area contributed by atoms with E-state index < -0.39 is 0 Å². The number of hydrogen-bond donors (Lipinski definition) is 2. The molecule has 0 aliphatic carbocycles. The molecule has 2 N–H and O–H groups in total. The van der Waals surface area contributed by atoms with E-state index in [1.54, 1.807) is 12.1 Å². The van der Waals surface area contributed by atoms with E-state index in [-0.39, 0.29) is 22.9 Å². The number of carbonyl (C=O) groups is 1. The van der Waals surface area contributed by atoms with Gasteiger partial charge in [-0.15, -0.1) is 0 Å². The minimum Gasteiger partial charge on any atom is -0.456 e. The molecule has 0 aromatic heterocycles. The lowest BCUT2D eigenvalue weighted by molar-refractivity contribution is 0.0864. The first-order valence-electron chi connectivity index (χ1n) is 11.1. The number of nitrogens with one attached hydrogen (secondary N) is 2. The molecule has 0 bridgehead atoms. The average molecular weight is 443 g/mol. The van der Waals surface area contributed by atoms with Gasteiger partial charge in [-0.25, -0.2) is 0 Å². The molecule has 168 valence electrons. The summed E-state index contributed by atoms with van der Waals surface area (Å²) in [5.41, 5.74) is 1.84. The number of benzene rings is 2. The summed E-state index contributed by atoms with van der Waals surface area (Å²) in [5.74, 6) is 1.76. The molecule has 0 spiro atoms. The summed E-state index contributed by atoms with van der Waals surface area (Å²) >= 11 is 6.49. The van der Waals surface area contributed by atoms with Crippen molar-refractivity contribution in [2.75, 3.05) is 7.05 Å². The Morgan fingerprint density at radius 1 is 1.16 bits per heavy atom. The molecule has 0 saturated carbocycles. The normalized spacial score (nSPS) is 19.1. The molecule has 1 unspecified atom stereocenters. The van der Waals surface area contributed by atoms with Gasteiger partial charge in [0, 0.05) is 29.1 Å². The zero-order chi connectivity index (χ0) is 22.8. The van der Waals surface area contributed by atoms with Crippen molar-refractivity contribution >= 4 is 17.4 Å². The maximum Gasteiger partial charge on any atom is 0.163 e. The fourth-order valence-corrected chi connectivity index (χ4v) is 5.18. The number of ketones is 1. The Bertz CT molecular complexity index is 923. The molecule has 1 fully saturated rings. The third-order valence-electron chi connectivity index (χ3n) is 6.02. The minimum absolute atomic E-state index is 0.0291. The van der Waals surface area contributed by atoms with Crippen molar-refractivity contribution in [2.45, 2.75) is 71.0 Å². The van der Waals surface area contributed by atoms with E-state index >= 15 is 0 Å². The van der Waals surface area contributed by atoms with Gasteiger partial charge in [0.25, 0.3) is 0 Å². The molecule has 3 rings (SSSR count). The van der Waals surface area contributed by atoms with Crippen molar-refractivity contribution in [3.8, 4) is 11.5 Å². The highest BCUT2D eigenvalue weighted by Crippen LogP contribution is 2.36. The highest BCUT2D eigenvalue weighted by Gasteiger charge is 2.38. The fraction of sp³-hybridized carbons (Fsp3) is 0.500. The van der Waals surface area contributed by atoms with Crippen LogP contribution in [0.15, 0.2) is 42.5 Å². The summed E-state index contributed by atoms with van der Waals surface area (Å²) in [6.07, 6.45) is 2.51. The van der Waals surface area contributed by atoms with Gasteiger partial charge < -0.3 is 15.4 Å². The van der Waals surface area contributed by atoms with E-state index in [2.05, 4.69) is 51.3 Å². The van der Waals surface area contributed by atoms with E-state index in [0.717, 1.165) is 24.2 Å². The summed E-state index contributed by atoms with van der Waals surface area (Å²) < 4.78 is 6.00. The van der Waals surface area contributed by atoms with Crippen molar-refractivity contribution in [3.05, 3.63) is 58.6 Å². The van der Waals surface area contributed by atoms with Crippen LogP contribution in [0.5, 0.6) is 11.5 Å². The lowest BCUT2D eigenvalue weighted by atomic mass is 9.74. The molecule has 1 heterocycles. The molecule has 1 aliphatic rings. The molecule has 5 heteroatoms. The van der Waals surface area contributed by atoms with Crippen molar-refractivity contribution in [2.24, 2.45) is 5.92 Å². The Labute approximate surface area is 191 Å². The predicted molar refractivity (Wildman–Crippen MR) is 128 cm³/mol. The zero-order valence-corrected chi connectivity index (χ0v) is 20.3. The number of piperidine rings is 1. The molecule has 1 saturated heterocycles. The number of halogens is 1. The maximum atomic E-state index is 13.0. The number of hydrogen-bond acceptors (Lipinski definition) is 4. The first-order chi connectivity index (χ1) is 14.5. The van der Waals surface area contributed by atoms with Gasteiger partial charge in [-0.05, 0) is 96.3 Å². The molecule has 2 aromatic rings. The van der Waals surface area contributed by atoms with Crippen molar-refractivity contribution in [1.82, 2.24) is 10.6 Å². The molecule has 0 radical (unpaired) electrons. The smallest absolute Gasteiger partial charge is 0.163 e. The molecular weight excluding hydrogens is 408 g/mol. The second-order valence-electron chi connectivity index (χ2n) is 10.1. The SMILES string of the molecule is CNC(C)c1cccc(Oc2ccc(C(=O)CC3CC(C)(C)NC(C)(C)C3)cc2Cl)c1. The van der Waals surface area contributed by atoms with Gasteiger partial charge >= 0.3 is 0 Å².